The molecule has 10 heteroatoms. The molecular weight excluding hydrogens is 448 g/mol. The van der Waals surface area contributed by atoms with E-state index in [0.29, 0.717) is 40.5 Å². The van der Waals surface area contributed by atoms with Gasteiger partial charge in [0.25, 0.3) is 0 Å². The van der Waals surface area contributed by atoms with Crippen molar-refractivity contribution in [1.29, 1.82) is 5.26 Å². The van der Waals surface area contributed by atoms with Crippen molar-refractivity contribution in [1.82, 2.24) is 29.9 Å². The highest BCUT2D eigenvalue weighted by atomic mass is 79.9. The highest BCUT2D eigenvalue weighted by Crippen LogP contribution is 2.33. The van der Waals surface area contributed by atoms with E-state index < -0.39 is 0 Å². The summed E-state index contributed by atoms with van der Waals surface area (Å²) in [6.07, 6.45) is 1.76. The summed E-state index contributed by atoms with van der Waals surface area (Å²) in [6, 6.07) is 14.8. The van der Waals surface area contributed by atoms with Crippen molar-refractivity contribution >= 4 is 21.9 Å². The van der Waals surface area contributed by atoms with Gasteiger partial charge in [-0.2, -0.15) is 5.26 Å². The third kappa shape index (κ3) is 3.97. The lowest BCUT2D eigenvalue weighted by molar-refractivity contribution is 0.415. The second kappa shape index (κ2) is 8.26. The fourth-order valence-electron chi connectivity index (χ4n) is 2.98. The van der Waals surface area contributed by atoms with E-state index in [-0.39, 0.29) is 5.95 Å². The Kier molecular flexibility index (Phi) is 5.36. The Balaban J connectivity index is 1.70. The van der Waals surface area contributed by atoms with Crippen LogP contribution in [-0.4, -0.2) is 37.1 Å². The number of pyridine rings is 1. The van der Waals surface area contributed by atoms with E-state index in [1.54, 1.807) is 35.1 Å². The number of aromatic nitrogens is 6. The van der Waals surface area contributed by atoms with Crippen molar-refractivity contribution in [2.75, 3.05) is 12.8 Å². The number of hydrogen-bond acceptors (Lipinski definition) is 8. The molecule has 4 aromatic rings. The summed E-state index contributed by atoms with van der Waals surface area (Å²) >= 11 is 3.36. The molecule has 0 radical (unpaired) electrons. The third-order valence-corrected chi connectivity index (χ3v) is 4.70. The van der Waals surface area contributed by atoms with Crippen LogP contribution in [-0.2, 0) is 6.54 Å². The lowest BCUT2D eigenvalue weighted by atomic mass is 10.1. The van der Waals surface area contributed by atoms with Crippen molar-refractivity contribution in [2.24, 2.45) is 0 Å². The Hall–Kier alpha value is -3.84. The van der Waals surface area contributed by atoms with Gasteiger partial charge in [-0.25, -0.2) is 19.6 Å². The van der Waals surface area contributed by atoms with Crippen LogP contribution in [0.5, 0.6) is 5.75 Å². The summed E-state index contributed by atoms with van der Waals surface area (Å²) < 4.78 is 7.84. The molecule has 2 N–H and O–H groups in total. The minimum absolute atomic E-state index is 0.0788. The molecule has 9 nitrogen and oxygen atoms in total. The number of hydrogen-bond donors (Lipinski definition) is 1. The smallest absolute Gasteiger partial charge is 0.221 e. The first-order valence-corrected chi connectivity index (χ1v) is 9.60. The zero-order chi connectivity index (χ0) is 21.1. The molecule has 0 atom stereocenters. The van der Waals surface area contributed by atoms with Gasteiger partial charge in [-0.05, 0) is 46.3 Å². The van der Waals surface area contributed by atoms with Crippen molar-refractivity contribution in [3.8, 4) is 34.5 Å². The first-order chi connectivity index (χ1) is 14.6. The van der Waals surface area contributed by atoms with Crippen LogP contribution in [0.3, 0.4) is 0 Å². The molecule has 0 spiro atoms. The Bertz CT molecular complexity index is 1260. The SMILES string of the molecule is COc1c(C#N)cccc1-c1cc(-c2cn(Cc3cccc(Br)n3)nn2)nc(N)n1. The minimum atomic E-state index is 0.0788. The molecule has 0 aliphatic carbocycles. The number of anilines is 1. The number of nitrogens with zero attached hydrogens (tertiary/aromatic N) is 7. The molecule has 1 aromatic carbocycles. The van der Waals surface area contributed by atoms with Crippen LogP contribution in [0.25, 0.3) is 22.6 Å². The van der Waals surface area contributed by atoms with Crippen molar-refractivity contribution in [2.45, 2.75) is 6.54 Å². The Morgan fingerprint density at radius 3 is 2.67 bits per heavy atom. The molecular formula is C20H15BrN8O. The van der Waals surface area contributed by atoms with Gasteiger partial charge in [0, 0.05) is 5.56 Å². The summed E-state index contributed by atoms with van der Waals surface area (Å²) in [5.74, 6) is 0.503. The van der Waals surface area contributed by atoms with Gasteiger partial charge in [0.05, 0.1) is 42.5 Å². The molecule has 0 unspecified atom stereocenters. The van der Waals surface area contributed by atoms with E-state index in [1.807, 2.05) is 18.2 Å². The zero-order valence-corrected chi connectivity index (χ0v) is 17.4. The number of benzene rings is 1. The number of nitrogen functional groups attached to an aromatic ring is 1. The summed E-state index contributed by atoms with van der Waals surface area (Å²) in [7, 11) is 1.51. The fourth-order valence-corrected chi connectivity index (χ4v) is 3.36. The molecule has 0 amide bonds. The van der Waals surface area contributed by atoms with Gasteiger partial charge >= 0.3 is 0 Å². The minimum Gasteiger partial charge on any atom is -0.495 e. The third-order valence-electron chi connectivity index (χ3n) is 4.26. The Labute approximate surface area is 180 Å². The molecule has 4 rings (SSSR count). The largest absolute Gasteiger partial charge is 0.495 e. The van der Waals surface area contributed by atoms with E-state index in [9.17, 15) is 5.26 Å². The number of halogens is 1. The van der Waals surface area contributed by atoms with Crippen LogP contribution in [0, 0.1) is 11.3 Å². The molecule has 3 aromatic heterocycles. The van der Waals surface area contributed by atoms with Gasteiger partial charge in [0.1, 0.15) is 22.1 Å². The molecule has 0 saturated carbocycles. The van der Waals surface area contributed by atoms with E-state index in [2.05, 4.69) is 47.3 Å². The van der Waals surface area contributed by atoms with Gasteiger partial charge in [-0.15, -0.1) is 5.10 Å². The van der Waals surface area contributed by atoms with Crippen molar-refractivity contribution in [3.05, 3.63) is 64.5 Å². The lowest BCUT2D eigenvalue weighted by Crippen LogP contribution is -2.02. The van der Waals surface area contributed by atoms with Crippen molar-refractivity contribution < 1.29 is 4.74 Å². The van der Waals surface area contributed by atoms with E-state index in [1.165, 1.54) is 7.11 Å². The average Bonchev–Trinajstić information content (AvgIpc) is 3.21. The topological polar surface area (TPSA) is 128 Å². The normalized spacial score (nSPS) is 10.6. The van der Waals surface area contributed by atoms with Gasteiger partial charge < -0.3 is 10.5 Å². The lowest BCUT2D eigenvalue weighted by Gasteiger charge is -2.10. The quantitative estimate of drug-likeness (QED) is 0.447. The summed E-state index contributed by atoms with van der Waals surface area (Å²) in [6.45, 7) is 0.456. The number of rotatable bonds is 5. The highest BCUT2D eigenvalue weighted by molar-refractivity contribution is 9.10. The number of methoxy groups -OCH3 is 1. The summed E-state index contributed by atoms with van der Waals surface area (Å²) in [5, 5.41) is 17.7. The maximum Gasteiger partial charge on any atom is 0.221 e. The van der Waals surface area contributed by atoms with Crippen LogP contribution in [0.1, 0.15) is 11.3 Å². The average molecular weight is 463 g/mol. The Morgan fingerprint density at radius 1 is 1.10 bits per heavy atom. The van der Waals surface area contributed by atoms with Crippen LogP contribution < -0.4 is 10.5 Å². The molecule has 0 saturated heterocycles. The Morgan fingerprint density at radius 2 is 1.90 bits per heavy atom. The van der Waals surface area contributed by atoms with E-state index >= 15 is 0 Å². The van der Waals surface area contributed by atoms with Gasteiger partial charge in [-0.3, -0.25) is 0 Å². The second-order valence-electron chi connectivity index (χ2n) is 6.25. The maximum atomic E-state index is 9.33. The van der Waals surface area contributed by atoms with Crippen LogP contribution in [0.4, 0.5) is 5.95 Å². The zero-order valence-electron chi connectivity index (χ0n) is 15.8. The molecule has 0 aliphatic heterocycles. The van der Waals surface area contributed by atoms with Crippen molar-refractivity contribution in [3.63, 3.8) is 0 Å². The summed E-state index contributed by atoms with van der Waals surface area (Å²) in [4.78, 5) is 13.0. The van der Waals surface area contributed by atoms with Crippen LogP contribution in [0.2, 0.25) is 0 Å². The maximum absolute atomic E-state index is 9.33. The number of ether oxygens (including phenoxy) is 1. The van der Waals surface area contributed by atoms with Gasteiger partial charge in [0.15, 0.2) is 0 Å². The molecule has 0 fully saturated rings. The van der Waals surface area contributed by atoms with Crippen LogP contribution >= 0.6 is 15.9 Å². The number of nitriles is 1. The number of nitrogens with two attached hydrogens (primary N) is 1. The predicted molar refractivity (Wildman–Crippen MR) is 113 cm³/mol. The van der Waals surface area contributed by atoms with E-state index in [4.69, 9.17) is 10.5 Å². The predicted octanol–water partition coefficient (Wildman–Crippen LogP) is 3.07. The fraction of sp³-hybridized carbons (Fsp3) is 0.100. The van der Waals surface area contributed by atoms with Gasteiger partial charge in [-0.1, -0.05) is 17.3 Å². The molecule has 30 heavy (non-hydrogen) atoms. The van der Waals surface area contributed by atoms with Crippen LogP contribution in [0.15, 0.2) is 53.3 Å². The first-order valence-electron chi connectivity index (χ1n) is 8.81. The molecule has 0 aliphatic rings. The highest BCUT2D eigenvalue weighted by Gasteiger charge is 2.16. The molecule has 3 heterocycles. The van der Waals surface area contributed by atoms with Gasteiger partial charge in [0.2, 0.25) is 5.95 Å². The molecule has 0 bridgehead atoms. The second-order valence-corrected chi connectivity index (χ2v) is 7.06. The first kappa shape index (κ1) is 19.5. The standard InChI is InChI=1S/C20H15BrN8O/c1-30-19-12(9-22)4-2-6-14(19)15-8-16(26-20(23)25-15)17-11-29(28-27-17)10-13-5-3-7-18(21)24-13/h2-8,11H,10H2,1H3,(H2,23,25,26). The van der Waals surface area contributed by atoms with E-state index in [0.717, 1.165) is 10.3 Å². The monoisotopic (exact) mass is 462 g/mol. The molecule has 148 valence electrons. The summed E-state index contributed by atoms with van der Waals surface area (Å²) in [5.41, 5.74) is 9.39. The number of para-hydroxylation sites is 1.